The zero-order chi connectivity index (χ0) is 6.43. The minimum atomic E-state index is -1.11. The van der Waals surface area contributed by atoms with Crippen LogP contribution in [0.3, 0.4) is 0 Å². The fourth-order valence-electron chi connectivity index (χ4n) is 1.73. The second-order valence-electron chi connectivity index (χ2n) is 2.86. The minimum absolute atomic E-state index is 0.124. The van der Waals surface area contributed by atoms with Gasteiger partial charge in [0.15, 0.2) is 0 Å². The van der Waals surface area contributed by atoms with E-state index in [1.54, 1.807) is 0 Å². The lowest BCUT2D eigenvalue weighted by Crippen LogP contribution is -2.15. The van der Waals surface area contributed by atoms with Crippen LogP contribution in [-0.4, -0.2) is 30.4 Å². The van der Waals surface area contributed by atoms with Gasteiger partial charge >= 0.3 is 7.12 Å². The van der Waals surface area contributed by atoms with Crippen LogP contribution in [0, 0.1) is 11.8 Å². The molecule has 0 unspecified atom stereocenters. The van der Waals surface area contributed by atoms with Crippen LogP contribution in [0.2, 0.25) is 5.82 Å². The number of hydrogen-bond acceptors (Lipinski definition) is 3. The minimum Gasteiger partial charge on any atom is -0.427 e. The molecular formula is C5H9BO3. The monoisotopic (exact) mass is 128 g/mol. The highest BCUT2D eigenvalue weighted by atomic mass is 16.5. The molecule has 1 heterocycles. The molecule has 0 aromatic heterocycles. The van der Waals surface area contributed by atoms with Crippen LogP contribution < -0.4 is 0 Å². The first-order valence-electron chi connectivity index (χ1n) is 3.24. The van der Waals surface area contributed by atoms with E-state index in [2.05, 4.69) is 0 Å². The maximum Gasteiger partial charge on any atom is 0.455 e. The van der Waals surface area contributed by atoms with Crippen molar-refractivity contribution in [3.05, 3.63) is 0 Å². The molecule has 0 aromatic rings. The van der Waals surface area contributed by atoms with Gasteiger partial charge in [-0.1, -0.05) is 0 Å². The molecule has 3 atom stereocenters. The van der Waals surface area contributed by atoms with Crippen molar-refractivity contribution in [3.63, 3.8) is 0 Å². The third-order valence-electron chi connectivity index (χ3n) is 2.36. The van der Waals surface area contributed by atoms with Crippen molar-refractivity contribution >= 4 is 7.12 Å². The molecule has 0 spiro atoms. The summed E-state index contributed by atoms with van der Waals surface area (Å²) in [6, 6.07) is 0. The Kier molecular flexibility index (Phi) is 1.09. The van der Waals surface area contributed by atoms with Gasteiger partial charge in [-0.3, -0.25) is 0 Å². The summed E-state index contributed by atoms with van der Waals surface area (Å²) in [5.41, 5.74) is 0. The molecule has 1 saturated carbocycles. The van der Waals surface area contributed by atoms with Crippen molar-refractivity contribution in [1.29, 1.82) is 0 Å². The highest BCUT2D eigenvalue weighted by Gasteiger charge is 2.59. The summed E-state index contributed by atoms with van der Waals surface area (Å²) in [7, 11) is -1.11. The number of ether oxygens (including phenoxy) is 1. The predicted molar refractivity (Wildman–Crippen MR) is 31.7 cm³/mol. The van der Waals surface area contributed by atoms with Gasteiger partial charge in [0, 0.05) is 19.0 Å². The van der Waals surface area contributed by atoms with Crippen molar-refractivity contribution < 1.29 is 14.8 Å². The molecule has 0 aromatic carbocycles. The lowest BCUT2D eigenvalue weighted by molar-refractivity contribution is 0.161. The van der Waals surface area contributed by atoms with E-state index in [-0.39, 0.29) is 5.82 Å². The first kappa shape index (κ1) is 5.71. The largest absolute Gasteiger partial charge is 0.455 e. The molecule has 2 N–H and O–H groups in total. The average molecular weight is 128 g/mol. The molecule has 50 valence electrons. The Morgan fingerprint density at radius 3 is 2.11 bits per heavy atom. The van der Waals surface area contributed by atoms with Crippen LogP contribution >= 0.6 is 0 Å². The van der Waals surface area contributed by atoms with E-state index in [1.165, 1.54) is 0 Å². The third-order valence-corrected chi connectivity index (χ3v) is 2.36. The van der Waals surface area contributed by atoms with Gasteiger partial charge in [-0.05, 0) is 11.8 Å². The van der Waals surface area contributed by atoms with Gasteiger partial charge in [0.2, 0.25) is 0 Å². The fourth-order valence-corrected chi connectivity index (χ4v) is 1.73. The zero-order valence-corrected chi connectivity index (χ0v) is 5.03. The van der Waals surface area contributed by atoms with Crippen LogP contribution in [-0.2, 0) is 4.74 Å². The molecule has 4 heteroatoms. The number of fused-ring (bicyclic) bond motifs is 1. The third kappa shape index (κ3) is 0.706. The summed E-state index contributed by atoms with van der Waals surface area (Å²) >= 11 is 0. The van der Waals surface area contributed by atoms with E-state index >= 15 is 0 Å². The molecule has 2 fully saturated rings. The van der Waals surface area contributed by atoms with E-state index in [4.69, 9.17) is 14.8 Å². The Hall–Kier alpha value is -0.0551. The quantitative estimate of drug-likeness (QED) is 0.450. The molecule has 2 rings (SSSR count). The molecule has 1 aliphatic carbocycles. The van der Waals surface area contributed by atoms with Gasteiger partial charge in [-0.2, -0.15) is 0 Å². The molecule has 2 aliphatic rings. The molecule has 1 saturated heterocycles. The van der Waals surface area contributed by atoms with Gasteiger partial charge in [-0.15, -0.1) is 0 Å². The Labute approximate surface area is 53.8 Å². The second kappa shape index (κ2) is 1.72. The normalized spacial score (nSPS) is 46.7. The van der Waals surface area contributed by atoms with E-state index in [1.807, 2.05) is 0 Å². The van der Waals surface area contributed by atoms with Crippen LogP contribution in [0.5, 0.6) is 0 Å². The van der Waals surface area contributed by atoms with Crippen molar-refractivity contribution in [1.82, 2.24) is 0 Å². The smallest absolute Gasteiger partial charge is 0.427 e. The van der Waals surface area contributed by atoms with Crippen molar-refractivity contribution in [2.75, 3.05) is 13.2 Å². The molecule has 0 bridgehead atoms. The lowest BCUT2D eigenvalue weighted by Gasteiger charge is -1.99. The summed E-state index contributed by atoms with van der Waals surface area (Å²) in [4.78, 5) is 0. The fraction of sp³-hybridized carbons (Fsp3) is 1.00. The summed E-state index contributed by atoms with van der Waals surface area (Å²) in [5.74, 6) is 1.02. The highest BCUT2D eigenvalue weighted by Crippen LogP contribution is 2.56. The predicted octanol–water partition coefficient (Wildman–Crippen LogP) is -0.894. The lowest BCUT2D eigenvalue weighted by atomic mass is 9.80. The van der Waals surface area contributed by atoms with E-state index in [9.17, 15) is 0 Å². The number of rotatable bonds is 1. The Bertz CT molecular complexity index is 117. The maximum atomic E-state index is 8.70. The van der Waals surface area contributed by atoms with Gasteiger partial charge in [0.1, 0.15) is 0 Å². The van der Waals surface area contributed by atoms with Crippen molar-refractivity contribution in [2.24, 2.45) is 11.8 Å². The standard InChI is InChI=1S/C5H9BO3/c7-6(8)5-3-1-9-2-4(3)5/h3-5,7-8H,1-2H2/t3-,4+,5+. The summed E-state index contributed by atoms with van der Waals surface area (Å²) < 4.78 is 5.06. The first-order chi connectivity index (χ1) is 4.30. The summed E-state index contributed by atoms with van der Waals surface area (Å²) in [5, 5.41) is 17.4. The average Bonchev–Trinajstić information content (AvgIpc) is 2.30. The van der Waals surface area contributed by atoms with Crippen LogP contribution in [0.1, 0.15) is 0 Å². The van der Waals surface area contributed by atoms with Gasteiger partial charge in [0.25, 0.3) is 0 Å². The Morgan fingerprint density at radius 2 is 1.78 bits per heavy atom. The molecule has 3 nitrogen and oxygen atoms in total. The Balaban J connectivity index is 1.94. The molecular weight excluding hydrogens is 119 g/mol. The molecule has 0 radical (unpaired) electrons. The van der Waals surface area contributed by atoms with Gasteiger partial charge < -0.3 is 14.8 Å². The van der Waals surface area contributed by atoms with E-state index < -0.39 is 7.12 Å². The van der Waals surface area contributed by atoms with Crippen molar-refractivity contribution in [3.8, 4) is 0 Å². The number of hydrogen-bond donors (Lipinski definition) is 2. The Morgan fingerprint density at radius 1 is 1.22 bits per heavy atom. The van der Waals surface area contributed by atoms with E-state index in [0.29, 0.717) is 11.8 Å². The van der Waals surface area contributed by atoms with Crippen LogP contribution in [0.25, 0.3) is 0 Å². The maximum absolute atomic E-state index is 8.70. The highest BCUT2D eigenvalue weighted by molar-refractivity contribution is 6.44. The summed E-state index contributed by atoms with van der Waals surface area (Å²) in [6.45, 7) is 1.46. The van der Waals surface area contributed by atoms with Gasteiger partial charge in [-0.25, -0.2) is 0 Å². The van der Waals surface area contributed by atoms with E-state index in [0.717, 1.165) is 13.2 Å². The van der Waals surface area contributed by atoms with Gasteiger partial charge in [0.05, 0.1) is 0 Å². The topological polar surface area (TPSA) is 49.7 Å². The van der Waals surface area contributed by atoms with Crippen LogP contribution in [0.4, 0.5) is 0 Å². The summed E-state index contributed by atoms with van der Waals surface area (Å²) in [6.07, 6.45) is 0. The first-order valence-corrected chi connectivity index (χ1v) is 3.24. The van der Waals surface area contributed by atoms with Crippen LogP contribution in [0.15, 0.2) is 0 Å². The molecule has 1 aliphatic heterocycles. The SMILES string of the molecule is OB(O)[C@H]1[C@@H]2COC[C@@H]21. The second-order valence-corrected chi connectivity index (χ2v) is 2.86. The molecule has 9 heavy (non-hydrogen) atoms. The zero-order valence-electron chi connectivity index (χ0n) is 5.03. The van der Waals surface area contributed by atoms with Crippen molar-refractivity contribution in [2.45, 2.75) is 5.82 Å². The molecule has 0 amide bonds.